The largest absolute Gasteiger partial charge is 0.389 e. The van der Waals surface area contributed by atoms with Gasteiger partial charge in [-0.15, -0.1) is 0 Å². The molecule has 0 aliphatic heterocycles. The lowest BCUT2D eigenvalue weighted by molar-refractivity contribution is -0.116. The second-order valence-corrected chi connectivity index (χ2v) is 3.35. The van der Waals surface area contributed by atoms with Crippen molar-refractivity contribution in [2.24, 2.45) is 0 Å². The highest BCUT2D eigenvalue weighted by molar-refractivity contribution is 5.98. The molecule has 0 aromatic heterocycles. The first kappa shape index (κ1) is 10.4. The predicted octanol–water partition coefficient (Wildman–Crippen LogP) is 0.588. The number of aliphatic hydroxyl groups is 1. The Kier molecular flexibility index (Phi) is 3.63. The van der Waals surface area contributed by atoms with E-state index in [1.54, 1.807) is 6.08 Å². The van der Waals surface area contributed by atoms with Crippen molar-refractivity contribution >= 4 is 5.78 Å². The van der Waals surface area contributed by atoms with Crippen LogP contribution in [0.5, 0.6) is 0 Å². The molecule has 13 heavy (non-hydrogen) atoms. The van der Waals surface area contributed by atoms with Gasteiger partial charge in [-0.3, -0.25) is 9.69 Å². The maximum absolute atomic E-state index is 11.3. The molecule has 3 heteroatoms. The van der Waals surface area contributed by atoms with Crippen molar-refractivity contribution < 1.29 is 9.90 Å². The molecule has 74 valence electrons. The van der Waals surface area contributed by atoms with Crippen molar-refractivity contribution in [2.75, 3.05) is 19.6 Å². The van der Waals surface area contributed by atoms with Gasteiger partial charge in [0.15, 0.2) is 5.78 Å². The molecule has 1 rings (SSSR count). The SMILES string of the molecule is CCN(CC)CC1=CC(O)CC1=O. The van der Waals surface area contributed by atoms with E-state index < -0.39 is 6.10 Å². The van der Waals surface area contributed by atoms with Gasteiger partial charge >= 0.3 is 0 Å². The van der Waals surface area contributed by atoms with Crippen molar-refractivity contribution in [1.82, 2.24) is 4.90 Å². The highest BCUT2D eigenvalue weighted by atomic mass is 16.3. The number of carbonyl (C=O) groups is 1. The highest BCUT2D eigenvalue weighted by Crippen LogP contribution is 2.15. The molecule has 0 fully saturated rings. The second-order valence-electron chi connectivity index (χ2n) is 3.35. The van der Waals surface area contributed by atoms with Gasteiger partial charge in [-0.05, 0) is 19.2 Å². The van der Waals surface area contributed by atoms with Gasteiger partial charge in [0.2, 0.25) is 0 Å². The van der Waals surface area contributed by atoms with E-state index in [1.165, 1.54) is 0 Å². The van der Waals surface area contributed by atoms with Crippen molar-refractivity contribution in [2.45, 2.75) is 26.4 Å². The maximum atomic E-state index is 11.3. The Labute approximate surface area is 79.0 Å². The van der Waals surface area contributed by atoms with Crippen molar-refractivity contribution in [3.8, 4) is 0 Å². The minimum Gasteiger partial charge on any atom is -0.389 e. The molecule has 0 amide bonds. The Balaban J connectivity index is 2.53. The van der Waals surface area contributed by atoms with Crippen LogP contribution in [0.4, 0.5) is 0 Å². The third-order valence-corrected chi connectivity index (χ3v) is 2.43. The smallest absolute Gasteiger partial charge is 0.162 e. The van der Waals surface area contributed by atoms with E-state index in [2.05, 4.69) is 18.7 Å². The standard InChI is InChI=1S/C10H17NO2/c1-3-11(4-2)7-8-5-9(12)6-10(8)13/h5,9,12H,3-4,6-7H2,1-2H3. The summed E-state index contributed by atoms with van der Waals surface area (Å²) in [5.41, 5.74) is 0.774. The molecule has 0 bridgehead atoms. The van der Waals surface area contributed by atoms with Crippen LogP contribution in [0, 0.1) is 0 Å². The summed E-state index contributed by atoms with van der Waals surface area (Å²) in [7, 11) is 0. The van der Waals surface area contributed by atoms with E-state index in [-0.39, 0.29) is 12.2 Å². The van der Waals surface area contributed by atoms with Gasteiger partial charge in [-0.2, -0.15) is 0 Å². The summed E-state index contributed by atoms with van der Waals surface area (Å²) in [6.07, 6.45) is 1.41. The molecular weight excluding hydrogens is 166 g/mol. The Morgan fingerprint density at radius 2 is 2.15 bits per heavy atom. The minimum absolute atomic E-state index is 0.0967. The van der Waals surface area contributed by atoms with Crippen LogP contribution in [0.2, 0.25) is 0 Å². The maximum Gasteiger partial charge on any atom is 0.162 e. The quantitative estimate of drug-likeness (QED) is 0.693. The fourth-order valence-electron chi connectivity index (χ4n) is 1.53. The van der Waals surface area contributed by atoms with Crippen LogP contribution in [-0.4, -0.2) is 41.5 Å². The average Bonchev–Trinajstić information content (AvgIpc) is 2.41. The molecule has 0 aromatic carbocycles. The van der Waals surface area contributed by atoms with Crippen LogP contribution in [0.3, 0.4) is 0 Å². The zero-order chi connectivity index (χ0) is 9.84. The third kappa shape index (κ3) is 2.64. The first-order valence-corrected chi connectivity index (χ1v) is 4.81. The highest BCUT2D eigenvalue weighted by Gasteiger charge is 2.22. The number of nitrogens with zero attached hydrogens (tertiary/aromatic N) is 1. The second kappa shape index (κ2) is 4.53. The summed E-state index contributed by atoms with van der Waals surface area (Å²) in [6.45, 7) is 6.71. The summed E-state index contributed by atoms with van der Waals surface area (Å²) in [5, 5.41) is 9.21. The molecule has 1 unspecified atom stereocenters. The number of rotatable bonds is 4. The van der Waals surface area contributed by atoms with Crippen LogP contribution in [0.1, 0.15) is 20.3 Å². The van der Waals surface area contributed by atoms with E-state index in [0.29, 0.717) is 6.54 Å². The fraction of sp³-hybridized carbons (Fsp3) is 0.700. The lowest BCUT2D eigenvalue weighted by atomic mass is 10.2. The Morgan fingerprint density at radius 3 is 2.54 bits per heavy atom. The third-order valence-electron chi connectivity index (χ3n) is 2.43. The minimum atomic E-state index is -0.543. The average molecular weight is 183 g/mol. The summed E-state index contributed by atoms with van der Waals surface area (Å²) in [6, 6.07) is 0. The van der Waals surface area contributed by atoms with Gasteiger partial charge < -0.3 is 5.11 Å². The lowest BCUT2D eigenvalue weighted by Crippen LogP contribution is -2.26. The summed E-state index contributed by atoms with van der Waals surface area (Å²) >= 11 is 0. The van der Waals surface area contributed by atoms with Gasteiger partial charge in [0.05, 0.1) is 6.10 Å². The predicted molar refractivity (Wildman–Crippen MR) is 51.5 cm³/mol. The number of ketones is 1. The Morgan fingerprint density at radius 1 is 1.54 bits per heavy atom. The van der Waals surface area contributed by atoms with Crippen molar-refractivity contribution in [3.63, 3.8) is 0 Å². The zero-order valence-corrected chi connectivity index (χ0v) is 8.29. The summed E-state index contributed by atoms with van der Waals surface area (Å²) in [4.78, 5) is 13.5. The van der Waals surface area contributed by atoms with Crippen LogP contribution in [0.15, 0.2) is 11.6 Å². The molecule has 3 nitrogen and oxygen atoms in total. The number of hydrogen-bond acceptors (Lipinski definition) is 3. The lowest BCUT2D eigenvalue weighted by Gasteiger charge is -2.17. The first-order valence-electron chi connectivity index (χ1n) is 4.81. The molecule has 0 aromatic rings. The molecule has 1 aliphatic rings. The first-order chi connectivity index (χ1) is 6.17. The molecule has 0 saturated carbocycles. The Bertz CT molecular complexity index is 219. The van der Waals surface area contributed by atoms with E-state index in [1.807, 2.05) is 0 Å². The van der Waals surface area contributed by atoms with E-state index in [0.717, 1.165) is 18.7 Å². The van der Waals surface area contributed by atoms with E-state index >= 15 is 0 Å². The topological polar surface area (TPSA) is 40.5 Å². The van der Waals surface area contributed by atoms with Gasteiger partial charge in [0, 0.05) is 18.5 Å². The van der Waals surface area contributed by atoms with E-state index in [9.17, 15) is 9.90 Å². The van der Waals surface area contributed by atoms with Gasteiger partial charge in [0.25, 0.3) is 0 Å². The van der Waals surface area contributed by atoms with Gasteiger partial charge in [-0.25, -0.2) is 0 Å². The van der Waals surface area contributed by atoms with Gasteiger partial charge in [-0.1, -0.05) is 13.8 Å². The number of hydrogen-bond donors (Lipinski definition) is 1. The molecular formula is C10H17NO2. The van der Waals surface area contributed by atoms with Crippen LogP contribution < -0.4 is 0 Å². The van der Waals surface area contributed by atoms with Crippen LogP contribution in [0.25, 0.3) is 0 Å². The number of Topliss-reactive ketones (excluding diaryl/α,β-unsaturated/α-hetero) is 1. The molecule has 1 atom stereocenters. The molecule has 0 radical (unpaired) electrons. The fourth-order valence-corrected chi connectivity index (χ4v) is 1.53. The van der Waals surface area contributed by atoms with Crippen LogP contribution in [-0.2, 0) is 4.79 Å². The molecule has 0 heterocycles. The normalized spacial score (nSPS) is 22.6. The number of likely N-dealkylation sites (N-methyl/N-ethyl adjacent to an activating group) is 1. The van der Waals surface area contributed by atoms with Gasteiger partial charge in [0.1, 0.15) is 0 Å². The molecule has 1 aliphatic carbocycles. The summed E-state index contributed by atoms with van der Waals surface area (Å²) < 4.78 is 0. The number of aliphatic hydroxyl groups excluding tert-OH is 1. The van der Waals surface area contributed by atoms with Crippen molar-refractivity contribution in [1.29, 1.82) is 0 Å². The summed E-state index contributed by atoms with van der Waals surface area (Å²) in [5.74, 6) is 0.0967. The zero-order valence-electron chi connectivity index (χ0n) is 8.29. The monoisotopic (exact) mass is 183 g/mol. The van der Waals surface area contributed by atoms with Crippen molar-refractivity contribution in [3.05, 3.63) is 11.6 Å². The molecule has 0 spiro atoms. The number of carbonyl (C=O) groups excluding carboxylic acids is 1. The van der Waals surface area contributed by atoms with Crippen LogP contribution >= 0.6 is 0 Å². The van der Waals surface area contributed by atoms with E-state index in [4.69, 9.17) is 0 Å². The molecule has 1 N–H and O–H groups in total. The Hall–Kier alpha value is -0.670. The molecule has 0 saturated heterocycles.